The molecule has 0 fully saturated rings. The Morgan fingerprint density at radius 3 is 2.30 bits per heavy atom. The van der Waals surface area contributed by atoms with Gasteiger partial charge in [0.1, 0.15) is 6.10 Å². The Kier molecular flexibility index (Phi) is 5.38. The van der Waals surface area contributed by atoms with Gasteiger partial charge in [-0.15, -0.1) is 0 Å². The van der Waals surface area contributed by atoms with E-state index in [0.717, 1.165) is 27.6 Å². The van der Waals surface area contributed by atoms with E-state index in [0.29, 0.717) is 0 Å². The van der Waals surface area contributed by atoms with Crippen molar-refractivity contribution >= 4 is 15.9 Å². The fourth-order valence-corrected chi connectivity index (χ4v) is 2.52. The van der Waals surface area contributed by atoms with Gasteiger partial charge in [-0.1, -0.05) is 65.7 Å². The molecular weight excluding hydrogens is 312 g/mol. The van der Waals surface area contributed by atoms with E-state index in [1.54, 1.807) is 0 Å². The maximum Gasteiger partial charge on any atom is 0.104 e. The fraction of sp³-hybridized carbons (Fsp3) is 0.333. The van der Waals surface area contributed by atoms with E-state index in [1.807, 2.05) is 37.3 Å². The molecule has 0 spiro atoms. The number of aryl methyl sites for hydroxylation is 2. The fourth-order valence-electron chi connectivity index (χ4n) is 2.28. The largest absolute Gasteiger partial charge is 0.384 e. The minimum Gasteiger partial charge on any atom is -0.384 e. The standard InChI is InChI=1S/C18H21BrO/c1-3-4-5-14-6-8-15(9-7-14)18(20)16-10-11-17(19)13(2)12-16/h6-12,18,20H,3-5H2,1-2H3. The van der Waals surface area contributed by atoms with E-state index in [9.17, 15) is 5.11 Å². The van der Waals surface area contributed by atoms with Crippen LogP contribution in [0.4, 0.5) is 0 Å². The molecule has 2 aromatic rings. The molecule has 1 unspecified atom stereocenters. The number of benzene rings is 2. The Hall–Kier alpha value is -1.12. The summed E-state index contributed by atoms with van der Waals surface area (Å²) in [5.41, 5.74) is 4.37. The number of aliphatic hydroxyl groups excluding tert-OH is 1. The first-order valence-corrected chi connectivity index (χ1v) is 7.94. The number of aliphatic hydroxyl groups is 1. The summed E-state index contributed by atoms with van der Waals surface area (Å²) < 4.78 is 1.07. The molecule has 2 aromatic carbocycles. The molecule has 0 amide bonds. The highest BCUT2D eigenvalue weighted by Gasteiger charge is 2.11. The summed E-state index contributed by atoms with van der Waals surface area (Å²) in [6.45, 7) is 4.24. The maximum atomic E-state index is 10.5. The van der Waals surface area contributed by atoms with Crippen molar-refractivity contribution in [2.45, 2.75) is 39.2 Å². The van der Waals surface area contributed by atoms with E-state index in [-0.39, 0.29) is 0 Å². The molecule has 1 atom stereocenters. The smallest absolute Gasteiger partial charge is 0.104 e. The average Bonchev–Trinajstić information content (AvgIpc) is 2.48. The zero-order valence-electron chi connectivity index (χ0n) is 12.1. The van der Waals surface area contributed by atoms with Gasteiger partial charge in [-0.2, -0.15) is 0 Å². The lowest BCUT2D eigenvalue weighted by Gasteiger charge is -2.13. The molecule has 0 radical (unpaired) electrons. The minimum absolute atomic E-state index is 0.554. The molecule has 0 bridgehead atoms. The van der Waals surface area contributed by atoms with Crippen molar-refractivity contribution in [3.63, 3.8) is 0 Å². The van der Waals surface area contributed by atoms with Crippen molar-refractivity contribution in [1.29, 1.82) is 0 Å². The van der Waals surface area contributed by atoms with Crippen LogP contribution in [0.3, 0.4) is 0 Å². The third-order valence-electron chi connectivity index (χ3n) is 3.61. The Balaban J connectivity index is 2.15. The SMILES string of the molecule is CCCCc1ccc(C(O)c2ccc(Br)c(C)c2)cc1. The summed E-state index contributed by atoms with van der Waals surface area (Å²) in [5, 5.41) is 10.5. The van der Waals surface area contributed by atoms with Crippen LogP contribution < -0.4 is 0 Å². The van der Waals surface area contributed by atoms with Crippen molar-refractivity contribution < 1.29 is 5.11 Å². The average molecular weight is 333 g/mol. The van der Waals surface area contributed by atoms with Crippen LogP contribution in [0.15, 0.2) is 46.9 Å². The molecule has 2 rings (SSSR count). The molecule has 0 aliphatic rings. The van der Waals surface area contributed by atoms with Gasteiger partial charge < -0.3 is 5.11 Å². The molecule has 106 valence electrons. The summed E-state index contributed by atoms with van der Waals surface area (Å²) in [6, 6.07) is 14.3. The minimum atomic E-state index is -0.554. The topological polar surface area (TPSA) is 20.2 Å². The molecular formula is C18H21BrO. The second kappa shape index (κ2) is 7.05. The quantitative estimate of drug-likeness (QED) is 0.799. The predicted molar refractivity (Wildman–Crippen MR) is 88.0 cm³/mol. The molecule has 2 heteroatoms. The number of rotatable bonds is 5. The van der Waals surface area contributed by atoms with Gasteiger partial charge in [-0.3, -0.25) is 0 Å². The Morgan fingerprint density at radius 2 is 1.70 bits per heavy atom. The highest BCUT2D eigenvalue weighted by atomic mass is 79.9. The molecule has 0 heterocycles. The van der Waals surface area contributed by atoms with Gasteiger partial charge >= 0.3 is 0 Å². The van der Waals surface area contributed by atoms with Crippen LogP contribution >= 0.6 is 15.9 Å². The van der Waals surface area contributed by atoms with Gasteiger partial charge in [0.2, 0.25) is 0 Å². The number of unbranched alkanes of at least 4 members (excludes halogenated alkanes) is 1. The molecule has 0 aliphatic heterocycles. The zero-order valence-corrected chi connectivity index (χ0v) is 13.7. The van der Waals surface area contributed by atoms with Gasteiger partial charge in [-0.05, 0) is 48.1 Å². The van der Waals surface area contributed by atoms with Crippen LogP contribution in [0.2, 0.25) is 0 Å². The van der Waals surface area contributed by atoms with Gasteiger partial charge in [0.25, 0.3) is 0 Å². The van der Waals surface area contributed by atoms with E-state index in [1.165, 1.54) is 18.4 Å². The molecule has 1 nitrogen and oxygen atoms in total. The second-order valence-electron chi connectivity index (χ2n) is 5.26. The van der Waals surface area contributed by atoms with Gasteiger partial charge in [0.05, 0.1) is 0 Å². The van der Waals surface area contributed by atoms with Crippen molar-refractivity contribution in [2.75, 3.05) is 0 Å². The van der Waals surface area contributed by atoms with Crippen molar-refractivity contribution in [1.82, 2.24) is 0 Å². The van der Waals surface area contributed by atoms with Gasteiger partial charge in [-0.25, -0.2) is 0 Å². The first kappa shape index (κ1) is 15.3. The van der Waals surface area contributed by atoms with E-state index < -0.39 is 6.10 Å². The normalized spacial score (nSPS) is 12.4. The summed E-state index contributed by atoms with van der Waals surface area (Å²) >= 11 is 3.49. The molecule has 0 aliphatic carbocycles. The summed E-state index contributed by atoms with van der Waals surface area (Å²) in [7, 11) is 0. The second-order valence-corrected chi connectivity index (χ2v) is 6.11. The molecule has 0 saturated heterocycles. The van der Waals surface area contributed by atoms with Crippen LogP contribution in [0.25, 0.3) is 0 Å². The lowest BCUT2D eigenvalue weighted by atomic mass is 9.98. The van der Waals surface area contributed by atoms with Crippen LogP contribution in [0.1, 0.15) is 48.1 Å². The van der Waals surface area contributed by atoms with Crippen LogP contribution in [0, 0.1) is 6.92 Å². The third-order valence-corrected chi connectivity index (χ3v) is 4.50. The first-order chi connectivity index (χ1) is 9.61. The van der Waals surface area contributed by atoms with Crippen molar-refractivity contribution in [2.24, 2.45) is 0 Å². The van der Waals surface area contributed by atoms with Crippen molar-refractivity contribution in [3.8, 4) is 0 Å². The lowest BCUT2D eigenvalue weighted by molar-refractivity contribution is 0.220. The summed E-state index contributed by atoms with van der Waals surface area (Å²) in [6.07, 6.45) is 2.99. The van der Waals surface area contributed by atoms with E-state index in [2.05, 4.69) is 35.0 Å². The zero-order chi connectivity index (χ0) is 14.5. The monoisotopic (exact) mass is 332 g/mol. The Labute approximate surface area is 129 Å². The number of hydrogen-bond donors (Lipinski definition) is 1. The maximum absolute atomic E-state index is 10.5. The van der Waals surface area contributed by atoms with Crippen LogP contribution in [0.5, 0.6) is 0 Å². The van der Waals surface area contributed by atoms with Crippen molar-refractivity contribution in [3.05, 3.63) is 69.2 Å². The number of hydrogen-bond acceptors (Lipinski definition) is 1. The summed E-state index contributed by atoms with van der Waals surface area (Å²) in [5.74, 6) is 0. The van der Waals surface area contributed by atoms with Gasteiger partial charge in [0.15, 0.2) is 0 Å². The van der Waals surface area contributed by atoms with Crippen LogP contribution in [-0.4, -0.2) is 5.11 Å². The van der Waals surface area contributed by atoms with E-state index >= 15 is 0 Å². The first-order valence-electron chi connectivity index (χ1n) is 7.14. The molecule has 20 heavy (non-hydrogen) atoms. The highest BCUT2D eigenvalue weighted by Crippen LogP contribution is 2.26. The van der Waals surface area contributed by atoms with E-state index in [4.69, 9.17) is 0 Å². The predicted octanol–water partition coefficient (Wildman–Crippen LogP) is 5.18. The van der Waals surface area contributed by atoms with Crippen LogP contribution in [-0.2, 0) is 6.42 Å². The summed E-state index contributed by atoms with van der Waals surface area (Å²) in [4.78, 5) is 0. The Bertz CT molecular complexity index is 560. The third kappa shape index (κ3) is 3.71. The number of halogens is 1. The van der Waals surface area contributed by atoms with Gasteiger partial charge in [0, 0.05) is 4.47 Å². The molecule has 1 N–H and O–H groups in total. The Morgan fingerprint density at radius 1 is 1.05 bits per heavy atom. The molecule has 0 saturated carbocycles. The highest BCUT2D eigenvalue weighted by molar-refractivity contribution is 9.10. The lowest BCUT2D eigenvalue weighted by Crippen LogP contribution is -2.00. The molecule has 0 aromatic heterocycles.